The van der Waals surface area contributed by atoms with Crippen LogP contribution in [0.5, 0.6) is 5.75 Å². The van der Waals surface area contributed by atoms with Gasteiger partial charge in [0.05, 0.1) is 13.7 Å². The second-order valence-corrected chi connectivity index (χ2v) is 6.13. The number of nitrogens with one attached hydrogen (secondary N) is 1. The highest BCUT2D eigenvalue weighted by Gasteiger charge is 2.15. The third kappa shape index (κ3) is 4.61. The van der Waals surface area contributed by atoms with E-state index < -0.39 is 5.91 Å². The second kappa shape index (κ2) is 8.01. The summed E-state index contributed by atoms with van der Waals surface area (Å²) in [4.78, 5) is 25.6. The molecule has 6 nitrogen and oxygen atoms in total. The Morgan fingerprint density at radius 1 is 1.29 bits per heavy atom. The first-order valence-electron chi connectivity index (χ1n) is 7.31. The van der Waals surface area contributed by atoms with Crippen molar-refractivity contribution in [3.05, 3.63) is 51.9 Å². The van der Waals surface area contributed by atoms with Crippen molar-refractivity contribution in [1.82, 2.24) is 10.2 Å². The van der Waals surface area contributed by atoms with Crippen LogP contribution >= 0.6 is 15.9 Å². The van der Waals surface area contributed by atoms with Crippen molar-refractivity contribution < 1.29 is 18.7 Å². The summed E-state index contributed by atoms with van der Waals surface area (Å²) in [6.07, 6.45) is 0. The van der Waals surface area contributed by atoms with Gasteiger partial charge in [0.15, 0.2) is 10.4 Å². The van der Waals surface area contributed by atoms with Crippen molar-refractivity contribution in [2.24, 2.45) is 0 Å². The van der Waals surface area contributed by atoms with Crippen LogP contribution in [0, 0.1) is 6.92 Å². The summed E-state index contributed by atoms with van der Waals surface area (Å²) >= 11 is 3.13. The number of aryl methyl sites for hydroxylation is 1. The predicted octanol–water partition coefficient (Wildman–Crippen LogP) is 2.75. The lowest BCUT2D eigenvalue weighted by Crippen LogP contribution is -2.37. The molecule has 1 aromatic heterocycles. The van der Waals surface area contributed by atoms with Crippen LogP contribution < -0.4 is 10.1 Å². The van der Waals surface area contributed by atoms with E-state index in [4.69, 9.17) is 9.15 Å². The van der Waals surface area contributed by atoms with Gasteiger partial charge in [-0.3, -0.25) is 9.59 Å². The molecular formula is C17H19BrN2O4. The second-order valence-electron chi connectivity index (χ2n) is 5.35. The maximum atomic E-state index is 12.2. The molecule has 0 saturated carbocycles. The number of hydrogen-bond donors (Lipinski definition) is 1. The quantitative estimate of drug-likeness (QED) is 0.817. The molecule has 1 aromatic carbocycles. The van der Waals surface area contributed by atoms with Crippen molar-refractivity contribution in [2.75, 3.05) is 20.7 Å². The van der Waals surface area contributed by atoms with E-state index in [1.807, 2.05) is 25.1 Å². The van der Waals surface area contributed by atoms with E-state index in [-0.39, 0.29) is 18.2 Å². The smallest absolute Gasteiger partial charge is 0.287 e. The van der Waals surface area contributed by atoms with Crippen molar-refractivity contribution in [1.29, 1.82) is 0 Å². The van der Waals surface area contributed by atoms with Crippen LogP contribution in [0.1, 0.15) is 21.7 Å². The number of nitrogens with zero attached hydrogens (tertiary/aromatic N) is 1. The standard InChI is InChI=1S/C17H19BrN2O4/c1-11-4-5-13(23-3)12(8-11)10-20(2)16(21)9-19-17(22)14-6-7-15(18)24-14/h4-8H,9-10H2,1-3H3,(H,19,22). The fourth-order valence-electron chi connectivity index (χ4n) is 2.19. The number of amides is 2. The number of furan rings is 1. The zero-order valence-corrected chi connectivity index (χ0v) is 15.3. The Hall–Kier alpha value is -2.28. The molecule has 0 bridgehead atoms. The summed E-state index contributed by atoms with van der Waals surface area (Å²) in [6, 6.07) is 8.95. The van der Waals surface area contributed by atoms with Gasteiger partial charge in [-0.25, -0.2) is 0 Å². The molecule has 0 spiro atoms. The molecule has 0 aliphatic heterocycles. The lowest BCUT2D eigenvalue weighted by atomic mass is 10.1. The molecule has 24 heavy (non-hydrogen) atoms. The number of rotatable bonds is 6. The summed E-state index contributed by atoms with van der Waals surface area (Å²) in [5.41, 5.74) is 2.00. The number of carbonyl (C=O) groups is 2. The Kier molecular flexibility index (Phi) is 6.03. The van der Waals surface area contributed by atoms with Crippen LogP contribution in [0.15, 0.2) is 39.4 Å². The van der Waals surface area contributed by atoms with Crippen molar-refractivity contribution in [2.45, 2.75) is 13.5 Å². The average Bonchev–Trinajstić information content (AvgIpc) is 2.99. The highest BCUT2D eigenvalue weighted by Crippen LogP contribution is 2.21. The molecule has 128 valence electrons. The Morgan fingerprint density at radius 2 is 2.04 bits per heavy atom. The maximum Gasteiger partial charge on any atom is 0.287 e. The normalized spacial score (nSPS) is 10.3. The Balaban J connectivity index is 1.93. The van der Waals surface area contributed by atoms with Crippen LogP contribution in [-0.4, -0.2) is 37.4 Å². The van der Waals surface area contributed by atoms with Crippen molar-refractivity contribution >= 4 is 27.7 Å². The fourth-order valence-corrected chi connectivity index (χ4v) is 2.50. The molecule has 0 radical (unpaired) electrons. The third-order valence-corrected chi connectivity index (χ3v) is 3.89. The van der Waals surface area contributed by atoms with Crippen LogP contribution in [0.4, 0.5) is 0 Å². The van der Waals surface area contributed by atoms with Gasteiger partial charge < -0.3 is 19.4 Å². The molecule has 7 heteroatoms. The molecule has 0 saturated heterocycles. The van der Waals surface area contributed by atoms with Gasteiger partial charge in [0.25, 0.3) is 5.91 Å². The topological polar surface area (TPSA) is 71.8 Å². The van der Waals surface area contributed by atoms with E-state index in [1.54, 1.807) is 20.2 Å². The van der Waals surface area contributed by atoms with E-state index in [9.17, 15) is 9.59 Å². The maximum absolute atomic E-state index is 12.2. The van der Waals surface area contributed by atoms with Crippen LogP contribution in [-0.2, 0) is 11.3 Å². The van der Waals surface area contributed by atoms with Crippen molar-refractivity contribution in [3.8, 4) is 5.75 Å². The Morgan fingerprint density at radius 3 is 2.67 bits per heavy atom. The molecule has 0 aliphatic carbocycles. The van der Waals surface area contributed by atoms with Gasteiger partial charge in [0.1, 0.15) is 5.75 Å². The number of carbonyl (C=O) groups excluding carboxylic acids is 2. The number of likely N-dealkylation sites (N-methyl/N-ethyl adjacent to an activating group) is 1. The van der Waals surface area contributed by atoms with Crippen LogP contribution in [0.25, 0.3) is 0 Å². The van der Waals surface area contributed by atoms with Gasteiger partial charge in [-0.2, -0.15) is 0 Å². The summed E-state index contributed by atoms with van der Waals surface area (Å²) in [6.45, 7) is 2.26. The van der Waals surface area contributed by atoms with Gasteiger partial charge in [0, 0.05) is 19.2 Å². The third-order valence-electron chi connectivity index (χ3n) is 3.47. The summed E-state index contributed by atoms with van der Waals surface area (Å²) in [5.74, 6) is 0.232. The number of halogens is 1. The molecule has 0 atom stereocenters. The molecule has 0 aliphatic rings. The first-order chi connectivity index (χ1) is 11.4. The molecule has 2 amide bonds. The SMILES string of the molecule is COc1ccc(C)cc1CN(C)C(=O)CNC(=O)c1ccc(Br)o1. The van der Waals surface area contributed by atoms with Gasteiger partial charge in [-0.1, -0.05) is 17.7 Å². The Bertz CT molecular complexity index is 742. The molecule has 1 N–H and O–H groups in total. The molecule has 1 heterocycles. The van der Waals surface area contributed by atoms with Gasteiger partial charge in [-0.15, -0.1) is 0 Å². The number of benzene rings is 1. The molecule has 0 fully saturated rings. The van der Waals surface area contributed by atoms with Crippen molar-refractivity contribution in [3.63, 3.8) is 0 Å². The van der Waals surface area contributed by atoms with Gasteiger partial charge in [-0.05, 0) is 41.1 Å². The minimum absolute atomic E-state index is 0.109. The first kappa shape index (κ1) is 18.1. The summed E-state index contributed by atoms with van der Waals surface area (Å²) in [5, 5.41) is 2.54. The minimum atomic E-state index is -0.435. The van der Waals surface area contributed by atoms with Crippen LogP contribution in [0.2, 0.25) is 0 Å². The summed E-state index contributed by atoms with van der Waals surface area (Å²) < 4.78 is 10.9. The largest absolute Gasteiger partial charge is 0.496 e. The zero-order valence-electron chi connectivity index (χ0n) is 13.8. The van der Waals surface area contributed by atoms with Gasteiger partial charge >= 0.3 is 0 Å². The lowest BCUT2D eigenvalue weighted by molar-refractivity contribution is -0.129. The highest BCUT2D eigenvalue weighted by atomic mass is 79.9. The highest BCUT2D eigenvalue weighted by molar-refractivity contribution is 9.10. The number of hydrogen-bond acceptors (Lipinski definition) is 4. The number of methoxy groups -OCH3 is 1. The van der Waals surface area contributed by atoms with E-state index in [0.29, 0.717) is 11.2 Å². The first-order valence-corrected chi connectivity index (χ1v) is 8.11. The molecule has 2 aromatic rings. The molecule has 0 unspecified atom stereocenters. The number of ether oxygens (including phenoxy) is 1. The molecule has 2 rings (SSSR count). The van der Waals surface area contributed by atoms with E-state index in [1.165, 1.54) is 11.0 Å². The monoisotopic (exact) mass is 394 g/mol. The fraction of sp³-hybridized carbons (Fsp3) is 0.294. The predicted molar refractivity (Wildman–Crippen MR) is 92.9 cm³/mol. The van der Waals surface area contributed by atoms with E-state index in [2.05, 4.69) is 21.2 Å². The average molecular weight is 395 g/mol. The molecular weight excluding hydrogens is 376 g/mol. The summed E-state index contributed by atoms with van der Waals surface area (Å²) in [7, 11) is 3.28. The van der Waals surface area contributed by atoms with Gasteiger partial charge in [0.2, 0.25) is 5.91 Å². The van der Waals surface area contributed by atoms with E-state index in [0.717, 1.165) is 16.9 Å². The minimum Gasteiger partial charge on any atom is -0.496 e. The zero-order chi connectivity index (χ0) is 17.7. The lowest BCUT2D eigenvalue weighted by Gasteiger charge is -2.19. The van der Waals surface area contributed by atoms with E-state index >= 15 is 0 Å². The Labute approximate surface area is 148 Å². The van der Waals surface area contributed by atoms with Crippen LogP contribution in [0.3, 0.4) is 0 Å².